The van der Waals surface area contributed by atoms with Crippen LogP contribution in [0.4, 0.5) is 10.3 Å². The molecule has 0 aliphatic rings. The van der Waals surface area contributed by atoms with E-state index in [0.29, 0.717) is 16.8 Å². The first-order valence-electron chi connectivity index (χ1n) is 6.99. The minimum Gasteiger partial charge on any atom is -0.463 e. The van der Waals surface area contributed by atoms with Crippen LogP contribution in [0.3, 0.4) is 0 Å². The van der Waals surface area contributed by atoms with Gasteiger partial charge in [-0.15, -0.1) is 0 Å². The predicted octanol–water partition coefficient (Wildman–Crippen LogP) is 2.50. The van der Waals surface area contributed by atoms with E-state index in [-0.39, 0.29) is 17.2 Å². The maximum Gasteiger partial charge on any atom is 0.280 e. The van der Waals surface area contributed by atoms with Gasteiger partial charge < -0.3 is 10.2 Å². The zero-order valence-electron chi connectivity index (χ0n) is 12.2. The molecule has 7 nitrogen and oxygen atoms in total. The molecule has 3 aromatic heterocycles. The Bertz CT molecular complexity index is 1040. The third-order valence-electron chi connectivity index (χ3n) is 3.48. The monoisotopic (exact) mass is 323 g/mol. The van der Waals surface area contributed by atoms with Gasteiger partial charge in [0.15, 0.2) is 11.4 Å². The van der Waals surface area contributed by atoms with E-state index in [1.807, 2.05) is 0 Å². The highest BCUT2D eigenvalue weighted by Gasteiger charge is 2.19. The number of nitrogen functional groups attached to an aromatic ring is 1. The lowest BCUT2D eigenvalue weighted by Gasteiger charge is -2.04. The second-order valence-corrected chi connectivity index (χ2v) is 5.01. The summed E-state index contributed by atoms with van der Waals surface area (Å²) in [6.07, 6.45) is 2.97. The predicted molar refractivity (Wildman–Crippen MR) is 83.6 cm³/mol. The number of furan rings is 1. The highest BCUT2D eigenvalue weighted by Crippen LogP contribution is 2.27. The van der Waals surface area contributed by atoms with Crippen LogP contribution in [-0.2, 0) is 0 Å². The molecule has 8 heteroatoms. The molecule has 0 saturated heterocycles. The van der Waals surface area contributed by atoms with Crippen LogP contribution in [0.5, 0.6) is 0 Å². The van der Waals surface area contributed by atoms with Gasteiger partial charge in [-0.2, -0.15) is 14.8 Å². The van der Waals surface area contributed by atoms with E-state index >= 15 is 0 Å². The number of anilines is 1. The molecule has 0 bridgehead atoms. The minimum atomic E-state index is -0.450. The van der Waals surface area contributed by atoms with E-state index in [2.05, 4.69) is 15.1 Å². The summed E-state index contributed by atoms with van der Waals surface area (Å²) in [5, 5.41) is 4.60. The largest absolute Gasteiger partial charge is 0.463 e. The van der Waals surface area contributed by atoms with Crippen LogP contribution in [0.15, 0.2) is 53.3 Å². The first-order chi connectivity index (χ1) is 11.6. The summed E-state index contributed by atoms with van der Waals surface area (Å²) in [4.78, 5) is 20.9. The molecule has 0 aliphatic carbocycles. The van der Waals surface area contributed by atoms with Crippen LogP contribution in [0, 0.1) is 5.82 Å². The van der Waals surface area contributed by atoms with Crippen LogP contribution in [-0.4, -0.2) is 25.7 Å². The van der Waals surface area contributed by atoms with Gasteiger partial charge in [0, 0.05) is 5.56 Å². The van der Waals surface area contributed by atoms with Crippen molar-refractivity contribution >= 4 is 22.9 Å². The van der Waals surface area contributed by atoms with Gasteiger partial charge in [-0.25, -0.2) is 9.37 Å². The van der Waals surface area contributed by atoms with E-state index < -0.39 is 11.7 Å². The number of carbonyl (C=O) groups excluding carboxylic acids is 1. The first-order valence-corrected chi connectivity index (χ1v) is 6.99. The fourth-order valence-electron chi connectivity index (χ4n) is 2.39. The van der Waals surface area contributed by atoms with Crippen molar-refractivity contribution < 1.29 is 13.6 Å². The Morgan fingerprint density at radius 1 is 1.17 bits per heavy atom. The summed E-state index contributed by atoms with van der Waals surface area (Å²) in [6, 6.07) is 8.60. The third kappa shape index (κ3) is 2.21. The summed E-state index contributed by atoms with van der Waals surface area (Å²) in [7, 11) is 0. The number of halogens is 1. The summed E-state index contributed by atoms with van der Waals surface area (Å²) in [5.41, 5.74) is 6.73. The maximum absolute atomic E-state index is 13.0. The zero-order chi connectivity index (χ0) is 16.7. The van der Waals surface area contributed by atoms with Crippen molar-refractivity contribution in [2.75, 3.05) is 5.73 Å². The number of carbonyl (C=O) groups is 1. The number of hydrogen-bond donors (Lipinski definition) is 1. The summed E-state index contributed by atoms with van der Waals surface area (Å²) in [6.45, 7) is 0. The molecule has 0 amide bonds. The van der Waals surface area contributed by atoms with Crippen LogP contribution < -0.4 is 5.73 Å². The molecule has 0 fully saturated rings. The SMILES string of the molecule is Nc1nc(-c2ccco2)c2cnn(C(=O)c3ccc(F)cc3)c2n1. The molecular formula is C16H10FN5O2. The molecule has 1 aromatic carbocycles. The van der Waals surface area contributed by atoms with Crippen LogP contribution in [0.25, 0.3) is 22.5 Å². The van der Waals surface area contributed by atoms with Gasteiger partial charge in [0.05, 0.1) is 17.8 Å². The van der Waals surface area contributed by atoms with E-state index in [0.717, 1.165) is 4.68 Å². The molecule has 0 saturated carbocycles. The van der Waals surface area contributed by atoms with Crippen LogP contribution in [0.1, 0.15) is 10.4 Å². The second kappa shape index (κ2) is 5.27. The third-order valence-corrected chi connectivity index (χ3v) is 3.48. The number of rotatable bonds is 2. The Balaban J connectivity index is 1.89. The molecule has 24 heavy (non-hydrogen) atoms. The maximum atomic E-state index is 13.0. The van der Waals surface area contributed by atoms with Gasteiger partial charge in [-0.05, 0) is 36.4 Å². The first kappa shape index (κ1) is 14.1. The Hall–Kier alpha value is -3.55. The van der Waals surface area contributed by atoms with Crippen molar-refractivity contribution in [1.82, 2.24) is 19.7 Å². The lowest BCUT2D eigenvalue weighted by Crippen LogP contribution is -2.14. The Kier molecular flexibility index (Phi) is 3.09. The van der Waals surface area contributed by atoms with Gasteiger partial charge in [0.25, 0.3) is 5.91 Å². The van der Waals surface area contributed by atoms with Crippen molar-refractivity contribution in [1.29, 1.82) is 0 Å². The van der Waals surface area contributed by atoms with Gasteiger partial charge >= 0.3 is 0 Å². The van der Waals surface area contributed by atoms with Gasteiger partial charge in [-0.3, -0.25) is 4.79 Å². The van der Waals surface area contributed by atoms with Crippen molar-refractivity contribution in [2.24, 2.45) is 0 Å². The Morgan fingerprint density at radius 2 is 1.96 bits per heavy atom. The highest BCUT2D eigenvalue weighted by atomic mass is 19.1. The number of benzene rings is 1. The number of aromatic nitrogens is 4. The van der Waals surface area contributed by atoms with Crippen LogP contribution in [0.2, 0.25) is 0 Å². The van der Waals surface area contributed by atoms with E-state index in [1.54, 1.807) is 12.1 Å². The number of nitrogens with zero attached hydrogens (tertiary/aromatic N) is 4. The van der Waals surface area contributed by atoms with Crippen molar-refractivity contribution in [2.45, 2.75) is 0 Å². The molecule has 4 rings (SSSR count). The average molecular weight is 323 g/mol. The molecule has 0 atom stereocenters. The van der Waals surface area contributed by atoms with E-state index in [9.17, 15) is 9.18 Å². The van der Waals surface area contributed by atoms with E-state index in [1.165, 1.54) is 36.7 Å². The number of hydrogen-bond acceptors (Lipinski definition) is 6. The van der Waals surface area contributed by atoms with Gasteiger partial charge in [-0.1, -0.05) is 0 Å². The topological polar surface area (TPSA) is 99.8 Å². The zero-order valence-corrected chi connectivity index (χ0v) is 12.2. The molecule has 3 heterocycles. The fourth-order valence-corrected chi connectivity index (χ4v) is 2.39. The lowest BCUT2D eigenvalue weighted by atomic mass is 10.2. The molecule has 0 radical (unpaired) electrons. The Morgan fingerprint density at radius 3 is 2.67 bits per heavy atom. The quantitative estimate of drug-likeness (QED) is 0.608. The minimum absolute atomic E-state index is 0.0115. The molecule has 4 aromatic rings. The molecule has 118 valence electrons. The molecule has 2 N–H and O–H groups in total. The molecular weight excluding hydrogens is 313 g/mol. The summed E-state index contributed by atoms with van der Waals surface area (Å²) in [5.74, 6) is -0.400. The van der Waals surface area contributed by atoms with Crippen molar-refractivity contribution in [3.05, 3.63) is 60.2 Å². The standard InChI is InChI=1S/C16H10FN5O2/c17-10-5-3-9(4-6-10)15(23)22-14-11(8-19-22)13(20-16(18)21-14)12-2-1-7-24-12/h1-8H,(H2,18,20,21). The fraction of sp³-hybridized carbons (Fsp3) is 0. The molecule has 0 aliphatic heterocycles. The van der Waals surface area contributed by atoms with Crippen molar-refractivity contribution in [3.63, 3.8) is 0 Å². The summed E-state index contributed by atoms with van der Waals surface area (Å²) >= 11 is 0. The van der Waals surface area contributed by atoms with Crippen LogP contribution >= 0.6 is 0 Å². The van der Waals surface area contributed by atoms with E-state index in [4.69, 9.17) is 10.2 Å². The summed E-state index contributed by atoms with van der Waals surface area (Å²) < 4.78 is 19.5. The average Bonchev–Trinajstić information content (AvgIpc) is 3.24. The number of fused-ring (bicyclic) bond motifs is 1. The lowest BCUT2D eigenvalue weighted by molar-refractivity contribution is 0.0950. The van der Waals surface area contributed by atoms with Crippen molar-refractivity contribution in [3.8, 4) is 11.5 Å². The van der Waals surface area contributed by atoms with Gasteiger partial charge in [0.2, 0.25) is 5.95 Å². The molecule has 0 unspecified atom stereocenters. The molecule has 0 spiro atoms. The smallest absolute Gasteiger partial charge is 0.280 e. The van der Waals surface area contributed by atoms with Gasteiger partial charge in [0.1, 0.15) is 11.5 Å². The highest BCUT2D eigenvalue weighted by molar-refractivity contribution is 6.02. The second-order valence-electron chi connectivity index (χ2n) is 5.01. The Labute approximate surface area is 134 Å². The number of nitrogens with two attached hydrogens (primary N) is 1. The normalized spacial score (nSPS) is 11.0.